The average Bonchev–Trinajstić information content (AvgIpc) is 2.59. The summed E-state index contributed by atoms with van der Waals surface area (Å²) in [6.45, 7) is 4.15. The molecule has 0 spiro atoms. The Morgan fingerprint density at radius 2 is 2.04 bits per heavy atom. The molecule has 0 saturated heterocycles. The van der Waals surface area contributed by atoms with Crippen molar-refractivity contribution in [2.45, 2.75) is 26.9 Å². The van der Waals surface area contributed by atoms with Gasteiger partial charge < -0.3 is 4.74 Å². The van der Waals surface area contributed by atoms with E-state index in [0.717, 1.165) is 29.8 Å². The van der Waals surface area contributed by atoms with Crippen molar-refractivity contribution in [2.75, 3.05) is 11.3 Å². The molecule has 2 aromatic rings. The molecule has 0 atom stereocenters. The van der Waals surface area contributed by atoms with Crippen LogP contribution in [0.4, 0.5) is 14.9 Å². The number of hydrogen-bond acceptors (Lipinski definition) is 4. The second-order valence-electron chi connectivity index (χ2n) is 5.30. The maximum Gasteiger partial charge on any atom is 0.309 e. The van der Waals surface area contributed by atoms with Crippen LogP contribution in [0.25, 0.3) is 0 Å². The van der Waals surface area contributed by atoms with Gasteiger partial charge in [0.15, 0.2) is 0 Å². The minimum atomic E-state index is -0.592. The summed E-state index contributed by atoms with van der Waals surface area (Å²) in [5.74, 6) is 0.174. The molecule has 0 radical (unpaired) electrons. The molecular formula is C18H20FNO3S. The third-order valence-corrected chi connectivity index (χ3v) is 4.18. The third kappa shape index (κ3) is 4.27. The van der Waals surface area contributed by atoms with Crippen LogP contribution in [0.5, 0.6) is 5.75 Å². The molecule has 1 N–H and O–H groups in total. The first-order valence-corrected chi connectivity index (χ1v) is 8.76. The zero-order valence-corrected chi connectivity index (χ0v) is 14.7. The second-order valence-corrected chi connectivity index (χ2v) is 6.05. The predicted molar refractivity (Wildman–Crippen MR) is 94.5 cm³/mol. The molecule has 0 bridgehead atoms. The average molecular weight is 349 g/mol. The van der Waals surface area contributed by atoms with Crippen LogP contribution in [0.15, 0.2) is 36.4 Å². The third-order valence-electron chi connectivity index (χ3n) is 3.65. The van der Waals surface area contributed by atoms with Crippen molar-refractivity contribution >= 4 is 22.7 Å². The number of halogens is 1. The summed E-state index contributed by atoms with van der Waals surface area (Å²) >= 11 is 0.837. The molecule has 1 amide bonds. The summed E-state index contributed by atoms with van der Waals surface area (Å²) in [5.41, 5.74) is 2.81. The molecule has 0 unspecified atom stereocenters. The largest absolute Gasteiger partial charge is 0.489 e. The Kier molecular flexibility index (Phi) is 6.23. The van der Waals surface area contributed by atoms with E-state index in [0.29, 0.717) is 16.4 Å². The predicted octanol–water partition coefficient (Wildman–Crippen LogP) is 4.95. The van der Waals surface area contributed by atoms with Crippen LogP contribution in [-0.4, -0.2) is 16.7 Å². The Hall–Kier alpha value is -2.05. The fourth-order valence-corrected chi connectivity index (χ4v) is 2.56. The minimum Gasteiger partial charge on any atom is -0.489 e. The topological polar surface area (TPSA) is 49.8 Å². The number of hydroxylamine groups is 1. The quantitative estimate of drug-likeness (QED) is 0.613. The zero-order valence-electron chi connectivity index (χ0n) is 13.9. The second kappa shape index (κ2) is 8.17. The van der Waals surface area contributed by atoms with Gasteiger partial charge >= 0.3 is 5.24 Å². The molecule has 0 aromatic heterocycles. The summed E-state index contributed by atoms with van der Waals surface area (Å²) in [6, 6.07) is 9.81. The van der Waals surface area contributed by atoms with Gasteiger partial charge in [0.1, 0.15) is 18.2 Å². The number of aryl methyl sites for hydroxylation is 2. The van der Waals surface area contributed by atoms with Crippen LogP contribution in [0.2, 0.25) is 0 Å². The summed E-state index contributed by atoms with van der Waals surface area (Å²) in [6.07, 6.45) is 2.49. The Bertz CT molecular complexity index is 736. The molecular weight excluding hydrogens is 329 g/mol. The van der Waals surface area contributed by atoms with E-state index < -0.39 is 11.1 Å². The molecule has 0 aliphatic carbocycles. The fourth-order valence-electron chi connectivity index (χ4n) is 2.29. The first-order chi connectivity index (χ1) is 11.5. The van der Waals surface area contributed by atoms with Crippen LogP contribution in [0.3, 0.4) is 0 Å². The number of nitrogens with zero attached hydrogens (tertiary/aromatic N) is 1. The molecule has 0 aliphatic heterocycles. The SMILES string of the molecule is CCc1ccc(OCc2ccc(F)cc2N(O)C(=O)SC)c(C)c1. The molecule has 0 heterocycles. The maximum atomic E-state index is 13.5. The van der Waals surface area contributed by atoms with E-state index in [9.17, 15) is 14.4 Å². The first kappa shape index (κ1) is 18.3. The van der Waals surface area contributed by atoms with E-state index in [1.54, 1.807) is 6.26 Å². The summed E-state index contributed by atoms with van der Waals surface area (Å²) in [7, 11) is 0. The van der Waals surface area contributed by atoms with Gasteiger partial charge in [0.25, 0.3) is 0 Å². The number of amides is 1. The van der Waals surface area contributed by atoms with Gasteiger partial charge in [-0.15, -0.1) is 0 Å². The van der Waals surface area contributed by atoms with Crippen molar-refractivity contribution in [2.24, 2.45) is 0 Å². The number of anilines is 1. The van der Waals surface area contributed by atoms with Gasteiger partial charge in [-0.1, -0.05) is 36.9 Å². The van der Waals surface area contributed by atoms with E-state index in [4.69, 9.17) is 4.74 Å². The number of benzene rings is 2. The summed E-state index contributed by atoms with van der Waals surface area (Å²) < 4.78 is 19.3. The Labute approximate surface area is 145 Å². The Balaban J connectivity index is 2.22. The number of ether oxygens (including phenoxy) is 1. The Morgan fingerprint density at radius 1 is 1.29 bits per heavy atom. The highest BCUT2D eigenvalue weighted by Crippen LogP contribution is 2.26. The van der Waals surface area contributed by atoms with Crippen molar-refractivity contribution in [3.63, 3.8) is 0 Å². The monoisotopic (exact) mass is 349 g/mol. The molecule has 4 nitrogen and oxygen atoms in total. The van der Waals surface area contributed by atoms with E-state index in [2.05, 4.69) is 13.0 Å². The molecule has 6 heteroatoms. The lowest BCUT2D eigenvalue weighted by atomic mass is 10.1. The fraction of sp³-hybridized carbons (Fsp3) is 0.278. The molecule has 2 rings (SSSR count). The molecule has 0 fully saturated rings. The molecule has 0 saturated carbocycles. The van der Waals surface area contributed by atoms with Crippen LogP contribution in [0, 0.1) is 12.7 Å². The van der Waals surface area contributed by atoms with Crippen molar-refractivity contribution in [1.29, 1.82) is 0 Å². The van der Waals surface area contributed by atoms with Gasteiger partial charge in [0, 0.05) is 11.6 Å². The molecule has 24 heavy (non-hydrogen) atoms. The summed E-state index contributed by atoms with van der Waals surface area (Å²) in [5, 5.41) is 9.81. The zero-order chi connectivity index (χ0) is 17.7. The van der Waals surface area contributed by atoms with Gasteiger partial charge in [-0.2, -0.15) is 5.06 Å². The van der Waals surface area contributed by atoms with E-state index in [1.165, 1.54) is 17.7 Å². The normalized spacial score (nSPS) is 10.5. The van der Waals surface area contributed by atoms with Gasteiger partial charge in [0.2, 0.25) is 0 Å². The van der Waals surface area contributed by atoms with Gasteiger partial charge in [-0.25, -0.2) is 4.39 Å². The van der Waals surface area contributed by atoms with Gasteiger partial charge in [0.05, 0.1) is 5.69 Å². The summed E-state index contributed by atoms with van der Waals surface area (Å²) in [4.78, 5) is 11.7. The highest BCUT2D eigenvalue weighted by atomic mass is 32.2. The van der Waals surface area contributed by atoms with E-state index >= 15 is 0 Å². The standard InChI is InChI=1S/C18H20FNO3S/c1-4-13-5-8-17(12(2)9-13)23-11-14-6-7-15(19)10-16(14)20(22)18(21)24-3/h5-10,22H,4,11H2,1-3H3. The smallest absolute Gasteiger partial charge is 0.309 e. The lowest BCUT2D eigenvalue weighted by Crippen LogP contribution is -2.24. The van der Waals surface area contributed by atoms with Gasteiger partial charge in [-0.3, -0.25) is 10.0 Å². The first-order valence-electron chi connectivity index (χ1n) is 7.54. The number of carbonyl (C=O) groups excluding carboxylic acids is 1. The lowest BCUT2D eigenvalue weighted by molar-refractivity contribution is 0.223. The highest BCUT2D eigenvalue weighted by Gasteiger charge is 2.17. The minimum absolute atomic E-state index is 0.0807. The Morgan fingerprint density at radius 3 is 2.67 bits per heavy atom. The molecule has 0 aliphatic rings. The molecule has 2 aromatic carbocycles. The van der Waals surface area contributed by atoms with Crippen LogP contribution in [-0.2, 0) is 13.0 Å². The van der Waals surface area contributed by atoms with E-state index in [1.807, 2.05) is 19.1 Å². The maximum absolute atomic E-state index is 13.5. The lowest BCUT2D eigenvalue weighted by Gasteiger charge is -2.18. The van der Waals surface area contributed by atoms with E-state index in [-0.39, 0.29) is 12.3 Å². The van der Waals surface area contributed by atoms with Crippen LogP contribution in [0.1, 0.15) is 23.6 Å². The number of carbonyl (C=O) groups is 1. The number of hydrogen-bond donors (Lipinski definition) is 1. The van der Waals surface area contributed by atoms with Crippen molar-refractivity contribution in [3.8, 4) is 5.75 Å². The van der Waals surface area contributed by atoms with Crippen LogP contribution >= 0.6 is 11.8 Å². The van der Waals surface area contributed by atoms with Crippen LogP contribution < -0.4 is 9.80 Å². The highest BCUT2D eigenvalue weighted by molar-refractivity contribution is 8.13. The van der Waals surface area contributed by atoms with Crippen molar-refractivity contribution in [1.82, 2.24) is 0 Å². The number of thioether (sulfide) groups is 1. The number of rotatable bonds is 5. The van der Waals surface area contributed by atoms with Gasteiger partial charge in [-0.05, 0) is 42.9 Å². The molecule has 128 valence electrons. The van der Waals surface area contributed by atoms with Crippen molar-refractivity contribution in [3.05, 3.63) is 58.9 Å². The van der Waals surface area contributed by atoms with Crippen molar-refractivity contribution < 1.29 is 19.1 Å².